The Morgan fingerprint density at radius 2 is 2.15 bits per heavy atom. The van der Waals surface area contributed by atoms with Crippen LogP contribution in [0.5, 0.6) is 0 Å². The normalized spacial score (nSPS) is 12.2. The van der Waals surface area contributed by atoms with Gasteiger partial charge in [0.25, 0.3) is 0 Å². The van der Waals surface area contributed by atoms with E-state index in [1.165, 1.54) is 11.1 Å². The van der Waals surface area contributed by atoms with Gasteiger partial charge in [-0.05, 0) is 42.8 Å². The van der Waals surface area contributed by atoms with Gasteiger partial charge in [-0.1, -0.05) is 13.0 Å². The second-order valence-corrected chi connectivity index (χ2v) is 4.94. The van der Waals surface area contributed by atoms with Crippen LogP contribution in [0.3, 0.4) is 0 Å². The molecule has 0 saturated heterocycles. The molecule has 0 amide bonds. The number of aromatic nitrogens is 2. The molecule has 0 radical (unpaired) electrons. The molecular weight excluding hydrogens is 248 g/mol. The molecule has 2 heterocycles. The van der Waals surface area contributed by atoms with Gasteiger partial charge in [0.15, 0.2) is 0 Å². The number of anilines is 1. The standard InChI is InChI=1S/C16H22N4/c1-4-18-13(2)15-7-9-19-16(10-15)20(3)12-14-6-5-8-17-11-14/h5-11,13,18H,4,12H2,1-3H3. The van der Waals surface area contributed by atoms with Gasteiger partial charge in [0.2, 0.25) is 0 Å². The fourth-order valence-electron chi connectivity index (χ4n) is 2.18. The van der Waals surface area contributed by atoms with Gasteiger partial charge in [-0.3, -0.25) is 4.98 Å². The van der Waals surface area contributed by atoms with Crippen molar-refractivity contribution in [3.05, 3.63) is 54.0 Å². The Morgan fingerprint density at radius 3 is 2.85 bits per heavy atom. The zero-order valence-corrected chi connectivity index (χ0v) is 12.4. The van der Waals surface area contributed by atoms with E-state index in [-0.39, 0.29) is 0 Å². The van der Waals surface area contributed by atoms with Gasteiger partial charge in [-0.2, -0.15) is 0 Å². The molecule has 4 heteroatoms. The third kappa shape index (κ3) is 3.78. The number of nitrogens with zero attached hydrogens (tertiary/aromatic N) is 3. The quantitative estimate of drug-likeness (QED) is 0.876. The van der Waals surface area contributed by atoms with Crippen molar-refractivity contribution < 1.29 is 0 Å². The second kappa shape index (κ2) is 7.01. The van der Waals surface area contributed by atoms with Crippen molar-refractivity contribution in [2.75, 3.05) is 18.5 Å². The Kier molecular flexibility index (Phi) is 5.07. The molecule has 2 rings (SSSR count). The summed E-state index contributed by atoms with van der Waals surface area (Å²) in [6.45, 7) is 6.06. The number of pyridine rings is 2. The minimum absolute atomic E-state index is 0.341. The lowest BCUT2D eigenvalue weighted by molar-refractivity contribution is 0.597. The zero-order valence-electron chi connectivity index (χ0n) is 12.4. The molecule has 20 heavy (non-hydrogen) atoms. The molecular formula is C16H22N4. The van der Waals surface area contributed by atoms with Gasteiger partial charge in [0.05, 0.1) is 0 Å². The predicted molar refractivity (Wildman–Crippen MR) is 82.7 cm³/mol. The van der Waals surface area contributed by atoms with Crippen molar-refractivity contribution in [1.29, 1.82) is 0 Å². The molecule has 0 saturated carbocycles. The van der Waals surface area contributed by atoms with Crippen LogP contribution < -0.4 is 10.2 Å². The van der Waals surface area contributed by atoms with Crippen LogP contribution in [0.1, 0.15) is 31.0 Å². The summed E-state index contributed by atoms with van der Waals surface area (Å²) < 4.78 is 0. The first kappa shape index (κ1) is 14.5. The van der Waals surface area contributed by atoms with Crippen LogP contribution in [-0.2, 0) is 6.54 Å². The van der Waals surface area contributed by atoms with Crippen LogP contribution in [0.25, 0.3) is 0 Å². The molecule has 1 atom stereocenters. The lowest BCUT2D eigenvalue weighted by atomic mass is 10.1. The van der Waals surface area contributed by atoms with E-state index in [0.29, 0.717) is 6.04 Å². The van der Waals surface area contributed by atoms with Crippen LogP contribution in [0, 0.1) is 0 Å². The van der Waals surface area contributed by atoms with Crippen LogP contribution in [0.15, 0.2) is 42.9 Å². The van der Waals surface area contributed by atoms with Crippen LogP contribution in [0.4, 0.5) is 5.82 Å². The van der Waals surface area contributed by atoms with Gasteiger partial charge in [0, 0.05) is 38.2 Å². The van der Waals surface area contributed by atoms with Gasteiger partial charge < -0.3 is 10.2 Å². The summed E-state index contributed by atoms with van der Waals surface area (Å²) in [4.78, 5) is 10.7. The summed E-state index contributed by atoms with van der Waals surface area (Å²) in [6, 6.07) is 8.58. The van der Waals surface area contributed by atoms with Crippen molar-refractivity contribution in [1.82, 2.24) is 15.3 Å². The van der Waals surface area contributed by atoms with Crippen molar-refractivity contribution >= 4 is 5.82 Å². The van der Waals surface area contributed by atoms with E-state index in [1.807, 2.05) is 18.5 Å². The molecule has 0 aliphatic heterocycles. The SMILES string of the molecule is CCNC(C)c1ccnc(N(C)Cc2cccnc2)c1. The molecule has 0 spiro atoms. The first-order valence-electron chi connectivity index (χ1n) is 7.00. The van der Waals surface area contributed by atoms with Crippen LogP contribution in [-0.4, -0.2) is 23.6 Å². The highest BCUT2D eigenvalue weighted by atomic mass is 15.2. The Bertz CT molecular complexity index is 527. The molecule has 1 unspecified atom stereocenters. The highest BCUT2D eigenvalue weighted by Gasteiger charge is 2.08. The van der Waals surface area contributed by atoms with Gasteiger partial charge in [0.1, 0.15) is 5.82 Å². The zero-order chi connectivity index (χ0) is 14.4. The lowest BCUT2D eigenvalue weighted by Crippen LogP contribution is -2.20. The molecule has 0 aromatic carbocycles. The smallest absolute Gasteiger partial charge is 0.128 e. The number of hydrogen-bond donors (Lipinski definition) is 1. The maximum Gasteiger partial charge on any atom is 0.128 e. The number of rotatable bonds is 6. The molecule has 0 aliphatic rings. The Hall–Kier alpha value is -1.94. The molecule has 0 bridgehead atoms. The Morgan fingerprint density at radius 1 is 1.30 bits per heavy atom. The van der Waals surface area contributed by atoms with Gasteiger partial charge in [-0.15, -0.1) is 0 Å². The van der Waals surface area contributed by atoms with E-state index in [0.717, 1.165) is 18.9 Å². The van der Waals surface area contributed by atoms with E-state index in [1.54, 1.807) is 6.20 Å². The summed E-state index contributed by atoms with van der Waals surface area (Å²) in [5.74, 6) is 0.983. The summed E-state index contributed by atoms with van der Waals surface area (Å²) in [5, 5.41) is 3.42. The Labute approximate surface area is 120 Å². The summed E-state index contributed by atoms with van der Waals surface area (Å²) >= 11 is 0. The fourth-order valence-corrected chi connectivity index (χ4v) is 2.18. The van der Waals surface area contributed by atoms with Crippen molar-refractivity contribution in [3.63, 3.8) is 0 Å². The first-order valence-corrected chi connectivity index (χ1v) is 7.00. The van der Waals surface area contributed by atoms with E-state index in [2.05, 4.69) is 59.3 Å². The molecule has 106 valence electrons. The van der Waals surface area contributed by atoms with E-state index < -0.39 is 0 Å². The van der Waals surface area contributed by atoms with Gasteiger partial charge >= 0.3 is 0 Å². The van der Waals surface area contributed by atoms with Gasteiger partial charge in [-0.25, -0.2) is 4.98 Å². The van der Waals surface area contributed by atoms with Crippen molar-refractivity contribution in [2.45, 2.75) is 26.4 Å². The second-order valence-electron chi connectivity index (χ2n) is 4.94. The lowest BCUT2D eigenvalue weighted by Gasteiger charge is -2.20. The van der Waals surface area contributed by atoms with E-state index in [9.17, 15) is 0 Å². The summed E-state index contributed by atoms with van der Waals surface area (Å²) in [6.07, 6.45) is 5.56. The predicted octanol–water partition coefficient (Wildman–Crippen LogP) is 2.78. The average molecular weight is 270 g/mol. The summed E-state index contributed by atoms with van der Waals surface area (Å²) in [5.41, 5.74) is 2.44. The molecule has 0 fully saturated rings. The third-order valence-corrected chi connectivity index (χ3v) is 3.31. The molecule has 4 nitrogen and oxygen atoms in total. The fraction of sp³-hybridized carbons (Fsp3) is 0.375. The monoisotopic (exact) mass is 270 g/mol. The molecule has 0 aliphatic carbocycles. The highest BCUT2D eigenvalue weighted by Crippen LogP contribution is 2.18. The first-order chi connectivity index (χ1) is 9.70. The van der Waals surface area contributed by atoms with Crippen molar-refractivity contribution in [2.24, 2.45) is 0 Å². The average Bonchev–Trinajstić information content (AvgIpc) is 2.48. The maximum absolute atomic E-state index is 4.46. The van der Waals surface area contributed by atoms with Crippen LogP contribution >= 0.6 is 0 Å². The minimum atomic E-state index is 0.341. The molecule has 2 aromatic rings. The Balaban J connectivity index is 2.10. The third-order valence-electron chi connectivity index (χ3n) is 3.31. The molecule has 1 N–H and O–H groups in total. The number of hydrogen-bond acceptors (Lipinski definition) is 4. The number of nitrogens with one attached hydrogen (secondary N) is 1. The van der Waals surface area contributed by atoms with Crippen molar-refractivity contribution in [3.8, 4) is 0 Å². The van der Waals surface area contributed by atoms with E-state index in [4.69, 9.17) is 0 Å². The largest absolute Gasteiger partial charge is 0.355 e. The summed E-state index contributed by atoms with van der Waals surface area (Å²) in [7, 11) is 2.05. The minimum Gasteiger partial charge on any atom is -0.355 e. The molecule has 2 aromatic heterocycles. The maximum atomic E-state index is 4.46. The topological polar surface area (TPSA) is 41.1 Å². The highest BCUT2D eigenvalue weighted by molar-refractivity contribution is 5.41. The van der Waals surface area contributed by atoms with Crippen LogP contribution in [0.2, 0.25) is 0 Å². The van der Waals surface area contributed by atoms with E-state index >= 15 is 0 Å².